The number of H-pyrrole nitrogens is 1. The molecular weight excluding hydrogens is 486 g/mol. The predicted molar refractivity (Wildman–Crippen MR) is 142 cm³/mol. The predicted octanol–water partition coefficient (Wildman–Crippen LogP) is 1.35. The van der Waals surface area contributed by atoms with Crippen LogP contribution in [0.25, 0.3) is 10.9 Å². The maximum Gasteiger partial charge on any atom is 0.326 e. The zero-order valence-electron chi connectivity index (χ0n) is 21.2. The molecule has 200 valence electrons. The number of aliphatic carboxylic acids is 1. The molecular formula is C28H33N5O5. The second-order valence-electron chi connectivity index (χ2n) is 9.69. The SMILES string of the molecule is CC(N)C(=O)NC(Cc1c[nH]c2ccccc12)C(=O)N1CCCC1C(=O)NC(Cc1ccccc1)C(=O)O. The maximum atomic E-state index is 13.8. The van der Waals surface area contributed by atoms with E-state index in [9.17, 15) is 24.3 Å². The molecule has 4 atom stereocenters. The van der Waals surface area contributed by atoms with E-state index >= 15 is 0 Å². The molecule has 4 unspecified atom stereocenters. The van der Waals surface area contributed by atoms with Gasteiger partial charge in [-0.3, -0.25) is 14.4 Å². The lowest BCUT2D eigenvalue weighted by Crippen LogP contribution is -2.57. The number of carbonyl (C=O) groups excluding carboxylic acids is 3. The first-order valence-electron chi connectivity index (χ1n) is 12.7. The van der Waals surface area contributed by atoms with Gasteiger partial charge in [0.2, 0.25) is 17.7 Å². The second kappa shape index (κ2) is 11.9. The van der Waals surface area contributed by atoms with Crippen LogP contribution in [0, 0.1) is 0 Å². The van der Waals surface area contributed by atoms with Crippen LogP contribution >= 0.6 is 0 Å². The summed E-state index contributed by atoms with van der Waals surface area (Å²) in [5.74, 6) is -2.56. The largest absolute Gasteiger partial charge is 0.480 e. The highest BCUT2D eigenvalue weighted by molar-refractivity contribution is 5.95. The Balaban J connectivity index is 1.52. The van der Waals surface area contributed by atoms with Gasteiger partial charge < -0.3 is 31.4 Å². The minimum absolute atomic E-state index is 0.121. The smallest absolute Gasteiger partial charge is 0.326 e. The third-order valence-corrected chi connectivity index (χ3v) is 6.86. The number of aromatic nitrogens is 1. The molecule has 3 aromatic rings. The molecule has 0 radical (unpaired) electrons. The van der Waals surface area contributed by atoms with Gasteiger partial charge in [-0.1, -0.05) is 48.5 Å². The van der Waals surface area contributed by atoms with Gasteiger partial charge in [-0.15, -0.1) is 0 Å². The Morgan fingerprint density at radius 1 is 1.03 bits per heavy atom. The summed E-state index contributed by atoms with van der Waals surface area (Å²) < 4.78 is 0. The normalized spacial score (nSPS) is 17.5. The number of hydrogen-bond donors (Lipinski definition) is 5. The van der Waals surface area contributed by atoms with Gasteiger partial charge in [0.15, 0.2) is 0 Å². The van der Waals surface area contributed by atoms with Gasteiger partial charge in [0.1, 0.15) is 18.1 Å². The number of carboxylic acids is 1. The fourth-order valence-electron chi connectivity index (χ4n) is 4.84. The third kappa shape index (κ3) is 6.20. The fraction of sp³-hybridized carbons (Fsp3) is 0.357. The highest BCUT2D eigenvalue weighted by Crippen LogP contribution is 2.23. The molecule has 0 aliphatic carbocycles. The van der Waals surface area contributed by atoms with Gasteiger partial charge in [-0.05, 0) is 37.0 Å². The summed E-state index contributed by atoms with van der Waals surface area (Å²) in [5, 5.41) is 16.0. The number of rotatable bonds is 10. The summed E-state index contributed by atoms with van der Waals surface area (Å²) in [6.45, 7) is 1.86. The van der Waals surface area contributed by atoms with E-state index in [1.54, 1.807) is 30.5 Å². The van der Waals surface area contributed by atoms with E-state index in [1.165, 1.54) is 11.8 Å². The molecule has 2 heterocycles. The van der Waals surface area contributed by atoms with Crippen molar-refractivity contribution in [2.75, 3.05) is 6.54 Å². The van der Waals surface area contributed by atoms with E-state index in [1.807, 2.05) is 30.3 Å². The number of amides is 3. The van der Waals surface area contributed by atoms with Crippen LogP contribution in [0.1, 0.15) is 30.9 Å². The van der Waals surface area contributed by atoms with Gasteiger partial charge in [0.05, 0.1) is 6.04 Å². The summed E-state index contributed by atoms with van der Waals surface area (Å²) in [6, 6.07) is 12.9. The van der Waals surface area contributed by atoms with Crippen LogP contribution in [-0.4, -0.2) is 69.4 Å². The Morgan fingerprint density at radius 2 is 1.74 bits per heavy atom. The second-order valence-corrected chi connectivity index (χ2v) is 9.69. The van der Waals surface area contributed by atoms with E-state index in [4.69, 9.17) is 5.73 Å². The van der Waals surface area contributed by atoms with E-state index in [2.05, 4.69) is 15.6 Å². The number of nitrogens with two attached hydrogens (primary N) is 1. The molecule has 1 aliphatic rings. The summed E-state index contributed by atoms with van der Waals surface area (Å²) in [7, 11) is 0. The molecule has 6 N–H and O–H groups in total. The maximum absolute atomic E-state index is 13.8. The standard InChI is InChI=1S/C28H33N5O5/c1-17(29)25(34)31-22(15-19-16-30-21-11-6-5-10-20(19)21)27(36)33-13-7-12-24(33)26(35)32-23(28(37)38)14-18-8-3-2-4-9-18/h2-6,8-11,16-17,22-24,30H,7,12-15,29H2,1H3,(H,31,34)(H,32,35)(H,37,38). The topological polar surface area (TPSA) is 158 Å². The van der Waals surface area contributed by atoms with Crippen LogP contribution in [0.4, 0.5) is 0 Å². The molecule has 1 fully saturated rings. The Kier molecular flexibility index (Phi) is 8.42. The number of likely N-dealkylation sites (tertiary alicyclic amines) is 1. The summed E-state index contributed by atoms with van der Waals surface area (Å²) >= 11 is 0. The van der Waals surface area contributed by atoms with Gasteiger partial charge in [-0.25, -0.2) is 4.79 Å². The van der Waals surface area contributed by atoms with Gasteiger partial charge in [-0.2, -0.15) is 0 Å². The number of fused-ring (bicyclic) bond motifs is 1. The molecule has 1 aliphatic heterocycles. The lowest BCUT2D eigenvalue weighted by atomic mass is 10.0. The highest BCUT2D eigenvalue weighted by Gasteiger charge is 2.39. The summed E-state index contributed by atoms with van der Waals surface area (Å²) in [5.41, 5.74) is 8.29. The van der Waals surface area contributed by atoms with E-state index in [0.717, 1.165) is 22.0 Å². The van der Waals surface area contributed by atoms with Crippen LogP contribution in [0.15, 0.2) is 60.8 Å². The zero-order chi connectivity index (χ0) is 27.2. The number of aromatic amines is 1. The highest BCUT2D eigenvalue weighted by atomic mass is 16.4. The van der Waals surface area contributed by atoms with Gasteiger partial charge in [0.25, 0.3) is 0 Å². The molecule has 38 heavy (non-hydrogen) atoms. The molecule has 2 aromatic carbocycles. The molecule has 0 spiro atoms. The van der Waals surface area contributed by atoms with Crippen LogP contribution in [0.3, 0.4) is 0 Å². The van der Waals surface area contributed by atoms with Crippen LogP contribution in [-0.2, 0) is 32.0 Å². The Morgan fingerprint density at radius 3 is 2.45 bits per heavy atom. The van der Waals surface area contributed by atoms with Crippen molar-refractivity contribution in [3.63, 3.8) is 0 Å². The van der Waals surface area contributed by atoms with E-state index in [0.29, 0.717) is 19.4 Å². The van der Waals surface area contributed by atoms with Crippen molar-refractivity contribution >= 4 is 34.6 Å². The van der Waals surface area contributed by atoms with Crippen LogP contribution in [0.5, 0.6) is 0 Å². The van der Waals surface area contributed by atoms with E-state index < -0.39 is 47.9 Å². The number of hydrogen-bond acceptors (Lipinski definition) is 5. The molecule has 3 amide bonds. The molecule has 0 saturated carbocycles. The van der Waals surface area contributed by atoms with Gasteiger partial charge in [0, 0.05) is 36.5 Å². The Bertz CT molecular complexity index is 1310. The lowest BCUT2D eigenvalue weighted by Gasteiger charge is -2.30. The van der Waals surface area contributed by atoms with Crippen molar-refractivity contribution in [2.45, 2.75) is 56.8 Å². The average molecular weight is 520 g/mol. The van der Waals surface area contributed by atoms with Crippen molar-refractivity contribution < 1.29 is 24.3 Å². The molecule has 1 saturated heterocycles. The van der Waals surface area contributed by atoms with Crippen molar-refractivity contribution in [2.24, 2.45) is 5.73 Å². The number of carbonyl (C=O) groups is 4. The molecule has 0 bridgehead atoms. The first-order chi connectivity index (χ1) is 18.2. The monoisotopic (exact) mass is 519 g/mol. The van der Waals surface area contributed by atoms with Crippen molar-refractivity contribution in [3.8, 4) is 0 Å². The van der Waals surface area contributed by atoms with E-state index in [-0.39, 0.29) is 12.8 Å². The number of benzene rings is 2. The molecule has 10 heteroatoms. The molecule has 10 nitrogen and oxygen atoms in total. The van der Waals surface area contributed by atoms with Crippen molar-refractivity contribution in [3.05, 3.63) is 71.9 Å². The summed E-state index contributed by atoms with van der Waals surface area (Å²) in [4.78, 5) is 56.0. The Labute approximate surface area is 220 Å². The average Bonchev–Trinajstić information content (AvgIpc) is 3.56. The quantitative estimate of drug-likeness (QED) is 0.272. The minimum Gasteiger partial charge on any atom is -0.480 e. The molecule has 1 aromatic heterocycles. The minimum atomic E-state index is -1.15. The van der Waals surface area contributed by atoms with Crippen molar-refractivity contribution in [1.82, 2.24) is 20.5 Å². The number of nitrogens with zero attached hydrogens (tertiary/aromatic N) is 1. The first-order valence-corrected chi connectivity index (χ1v) is 12.7. The molecule has 4 rings (SSSR count). The zero-order valence-corrected chi connectivity index (χ0v) is 21.2. The Hall–Kier alpha value is -4.18. The van der Waals surface area contributed by atoms with Crippen LogP contribution < -0.4 is 16.4 Å². The van der Waals surface area contributed by atoms with Crippen LogP contribution in [0.2, 0.25) is 0 Å². The van der Waals surface area contributed by atoms with Crippen molar-refractivity contribution in [1.29, 1.82) is 0 Å². The number of nitrogens with one attached hydrogen (secondary N) is 3. The fourth-order valence-corrected chi connectivity index (χ4v) is 4.84. The van der Waals surface area contributed by atoms with Gasteiger partial charge >= 0.3 is 5.97 Å². The summed E-state index contributed by atoms with van der Waals surface area (Å²) in [6.07, 6.45) is 3.11. The lowest BCUT2D eigenvalue weighted by molar-refractivity contribution is -0.144. The first kappa shape index (κ1) is 26.9. The number of carboxylic acid groups (broad SMARTS) is 1. The number of para-hydroxylation sites is 1. The third-order valence-electron chi connectivity index (χ3n) is 6.86.